The van der Waals surface area contributed by atoms with Gasteiger partial charge in [0, 0.05) is 17.6 Å². The molecule has 1 aliphatic heterocycles. The van der Waals surface area contributed by atoms with Gasteiger partial charge in [-0.25, -0.2) is 9.18 Å². The van der Waals surface area contributed by atoms with Crippen molar-refractivity contribution in [3.63, 3.8) is 0 Å². The summed E-state index contributed by atoms with van der Waals surface area (Å²) in [6.45, 7) is 2.28. The van der Waals surface area contributed by atoms with Crippen LogP contribution < -0.4 is 10.6 Å². The van der Waals surface area contributed by atoms with Gasteiger partial charge >= 0.3 is 12.1 Å². The second kappa shape index (κ2) is 10.9. The Morgan fingerprint density at radius 1 is 1.06 bits per heavy atom. The van der Waals surface area contributed by atoms with E-state index in [0.717, 1.165) is 35.1 Å². The highest BCUT2D eigenvalue weighted by molar-refractivity contribution is 5.79. The SMILES string of the molecule is Fc1ccc(C(NC2CCC3(CCNCC3)C2)c2cnc3ccccc3c2)cc1.O=C(O)C(F)(F)F. The molecule has 2 unspecified atom stereocenters. The summed E-state index contributed by atoms with van der Waals surface area (Å²) >= 11 is 0. The number of alkyl halides is 3. The molecule has 1 aliphatic carbocycles. The lowest BCUT2D eigenvalue weighted by molar-refractivity contribution is -0.192. The molecule has 2 heterocycles. The molecule has 0 bridgehead atoms. The van der Waals surface area contributed by atoms with E-state index in [4.69, 9.17) is 9.90 Å². The van der Waals surface area contributed by atoms with Crippen LogP contribution in [0.15, 0.2) is 60.8 Å². The fourth-order valence-electron chi connectivity index (χ4n) is 5.28. The number of piperidine rings is 1. The molecule has 2 aliphatic rings. The predicted octanol–water partition coefficient (Wildman–Crippen LogP) is 5.61. The van der Waals surface area contributed by atoms with Crippen molar-refractivity contribution >= 4 is 16.9 Å². The first kappa shape index (κ1) is 26.0. The zero-order valence-corrected chi connectivity index (χ0v) is 19.7. The monoisotopic (exact) mass is 503 g/mol. The molecule has 3 aromatic rings. The number of halogens is 4. The first-order chi connectivity index (χ1) is 17.2. The molecule has 1 saturated carbocycles. The van der Waals surface area contributed by atoms with Gasteiger partial charge in [-0.3, -0.25) is 4.98 Å². The lowest BCUT2D eigenvalue weighted by Gasteiger charge is -2.34. The van der Waals surface area contributed by atoms with Crippen molar-refractivity contribution in [3.8, 4) is 0 Å². The topological polar surface area (TPSA) is 74.2 Å². The summed E-state index contributed by atoms with van der Waals surface area (Å²) < 4.78 is 45.3. The maximum Gasteiger partial charge on any atom is 0.490 e. The van der Waals surface area contributed by atoms with Gasteiger partial charge in [-0.15, -0.1) is 0 Å². The van der Waals surface area contributed by atoms with Crippen LogP contribution in [0.4, 0.5) is 17.6 Å². The molecule has 9 heteroatoms. The first-order valence-corrected chi connectivity index (χ1v) is 12.0. The Labute approximate surface area is 206 Å². The van der Waals surface area contributed by atoms with E-state index in [1.807, 2.05) is 36.5 Å². The van der Waals surface area contributed by atoms with Gasteiger partial charge in [-0.05, 0) is 86.0 Å². The van der Waals surface area contributed by atoms with Gasteiger partial charge in [0.25, 0.3) is 0 Å². The smallest absolute Gasteiger partial charge is 0.475 e. The van der Waals surface area contributed by atoms with Crippen LogP contribution in [-0.4, -0.2) is 41.4 Å². The molecule has 5 rings (SSSR count). The van der Waals surface area contributed by atoms with Crippen molar-refractivity contribution < 1.29 is 27.5 Å². The van der Waals surface area contributed by atoms with Crippen molar-refractivity contribution in [2.45, 2.75) is 50.4 Å². The van der Waals surface area contributed by atoms with Crippen LogP contribution in [0.1, 0.15) is 49.3 Å². The van der Waals surface area contributed by atoms with Gasteiger partial charge in [0.2, 0.25) is 0 Å². The molecule has 0 amide bonds. The van der Waals surface area contributed by atoms with Gasteiger partial charge < -0.3 is 15.7 Å². The van der Waals surface area contributed by atoms with Crippen molar-refractivity contribution in [1.29, 1.82) is 0 Å². The minimum atomic E-state index is -5.08. The average Bonchev–Trinajstić information content (AvgIpc) is 3.24. The van der Waals surface area contributed by atoms with Crippen LogP contribution in [-0.2, 0) is 4.79 Å². The van der Waals surface area contributed by atoms with Crippen molar-refractivity contribution in [3.05, 3.63) is 77.7 Å². The third kappa shape index (κ3) is 6.39. The highest BCUT2D eigenvalue weighted by Crippen LogP contribution is 2.45. The van der Waals surface area contributed by atoms with Crippen LogP contribution in [0.2, 0.25) is 0 Å². The molecule has 2 aromatic carbocycles. The van der Waals surface area contributed by atoms with E-state index in [1.54, 1.807) is 12.1 Å². The Morgan fingerprint density at radius 3 is 2.39 bits per heavy atom. The second-order valence-corrected chi connectivity index (χ2v) is 9.61. The summed E-state index contributed by atoms with van der Waals surface area (Å²) in [6, 6.07) is 17.8. The van der Waals surface area contributed by atoms with E-state index in [0.29, 0.717) is 11.5 Å². The molecule has 3 N–H and O–H groups in total. The number of hydrogen-bond acceptors (Lipinski definition) is 4. The minimum absolute atomic E-state index is 0.0228. The molecule has 1 saturated heterocycles. The average molecular weight is 504 g/mol. The van der Waals surface area contributed by atoms with Crippen molar-refractivity contribution in [2.24, 2.45) is 5.41 Å². The normalized spacial score (nSPS) is 20.1. The number of para-hydroxylation sites is 1. The van der Waals surface area contributed by atoms with Gasteiger partial charge in [-0.2, -0.15) is 13.2 Å². The number of carbonyl (C=O) groups is 1. The zero-order valence-electron chi connectivity index (χ0n) is 19.7. The molecule has 2 atom stereocenters. The van der Waals surface area contributed by atoms with Crippen LogP contribution in [0, 0.1) is 11.2 Å². The highest BCUT2D eigenvalue weighted by Gasteiger charge is 2.40. The highest BCUT2D eigenvalue weighted by atomic mass is 19.4. The van der Waals surface area contributed by atoms with Crippen molar-refractivity contribution in [2.75, 3.05) is 13.1 Å². The fourth-order valence-corrected chi connectivity index (χ4v) is 5.28. The van der Waals surface area contributed by atoms with E-state index in [1.165, 1.54) is 32.1 Å². The van der Waals surface area contributed by atoms with E-state index in [-0.39, 0.29) is 11.9 Å². The Morgan fingerprint density at radius 2 is 1.72 bits per heavy atom. The standard InChI is InChI=1S/C25H28FN3.C2HF3O2/c26-21-7-5-18(6-8-21)24(20-15-19-3-1-2-4-23(19)28-17-20)29-22-9-10-25(16-22)11-13-27-14-12-25;3-2(4,5)1(6)7/h1-8,15,17,22,24,27,29H,9-14,16H2;(H,6,7). The molecule has 2 fully saturated rings. The Kier molecular flexibility index (Phi) is 7.90. The number of nitrogens with zero attached hydrogens (tertiary/aromatic N) is 1. The van der Waals surface area contributed by atoms with Gasteiger partial charge in [0.15, 0.2) is 0 Å². The summed E-state index contributed by atoms with van der Waals surface area (Å²) in [5, 5.41) is 15.7. The first-order valence-electron chi connectivity index (χ1n) is 12.0. The fraction of sp³-hybridized carbons (Fsp3) is 0.407. The second-order valence-electron chi connectivity index (χ2n) is 9.61. The third-order valence-electron chi connectivity index (χ3n) is 7.16. The number of fused-ring (bicyclic) bond motifs is 1. The lowest BCUT2D eigenvalue weighted by atomic mass is 9.77. The number of pyridine rings is 1. The summed E-state index contributed by atoms with van der Waals surface area (Å²) in [6.07, 6.45) is 3.19. The molecular formula is C27H29F4N3O2. The number of hydrogen-bond donors (Lipinski definition) is 3. The number of benzene rings is 2. The van der Waals surface area contributed by atoms with E-state index >= 15 is 0 Å². The summed E-state index contributed by atoms with van der Waals surface area (Å²) in [7, 11) is 0. The lowest BCUT2D eigenvalue weighted by Crippen LogP contribution is -2.37. The largest absolute Gasteiger partial charge is 0.490 e. The van der Waals surface area contributed by atoms with Gasteiger partial charge in [0.05, 0.1) is 11.6 Å². The molecule has 5 nitrogen and oxygen atoms in total. The Hall–Kier alpha value is -3.04. The van der Waals surface area contributed by atoms with Gasteiger partial charge in [0.1, 0.15) is 5.82 Å². The number of carboxylic acids is 1. The maximum absolute atomic E-state index is 13.6. The zero-order chi connectivity index (χ0) is 25.8. The number of rotatable bonds is 4. The van der Waals surface area contributed by atoms with Crippen molar-refractivity contribution in [1.82, 2.24) is 15.6 Å². The van der Waals surface area contributed by atoms with Gasteiger partial charge in [-0.1, -0.05) is 30.3 Å². The van der Waals surface area contributed by atoms with Crippen LogP contribution in [0.25, 0.3) is 10.9 Å². The summed E-state index contributed by atoms with van der Waals surface area (Å²) in [5.74, 6) is -2.95. The van der Waals surface area contributed by atoms with E-state index in [9.17, 15) is 17.6 Å². The Balaban J connectivity index is 0.000000384. The third-order valence-corrected chi connectivity index (χ3v) is 7.16. The molecule has 1 aromatic heterocycles. The number of aromatic nitrogens is 1. The summed E-state index contributed by atoms with van der Waals surface area (Å²) in [4.78, 5) is 13.6. The molecule has 36 heavy (non-hydrogen) atoms. The Bertz CT molecular complexity index is 1180. The number of nitrogens with one attached hydrogen (secondary N) is 2. The van der Waals surface area contributed by atoms with Crippen LogP contribution in [0.3, 0.4) is 0 Å². The molecule has 192 valence electrons. The summed E-state index contributed by atoms with van der Waals surface area (Å²) in [5.41, 5.74) is 3.73. The number of carboxylic acid groups (broad SMARTS) is 1. The molecule has 0 radical (unpaired) electrons. The molecule has 1 spiro atoms. The molecular weight excluding hydrogens is 474 g/mol. The minimum Gasteiger partial charge on any atom is -0.475 e. The van der Waals surface area contributed by atoms with E-state index in [2.05, 4.69) is 27.8 Å². The van der Waals surface area contributed by atoms with Crippen LogP contribution >= 0.6 is 0 Å². The van der Waals surface area contributed by atoms with Crippen LogP contribution in [0.5, 0.6) is 0 Å². The predicted molar refractivity (Wildman–Crippen MR) is 129 cm³/mol. The quantitative estimate of drug-likeness (QED) is 0.404. The number of aliphatic carboxylic acids is 1. The maximum atomic E-state index is 13.6. The van der Waals surface area contributed by atoms with E-state index < -0.39 is 12.1 Å².